The highest BCUT2D eigenvalue weighted by atomic mass is 35.5. The van der Waals surface area contributed by atoms with Gasteiger partial charge < -0.3 is 4.90 Å². The zero-order valence-electron chi connectivity index (χ0n) is 12.2. The Balaban J connectivity index is 2.01. The van der Waals surface area contributed by atoms with E-state index in [0.29, 0.717) is 12.2 Å². The Morgan fingerprint density at radius 3 is 2.52 bits per heavy atom. The molecule has 0 bridgehead atoms. The van der Waals surface area contributed by atoms with Crippen molar-refractivity contribution < 1.29 is 0 Å². The summed E-state index contributed by atoms with van der Waals surface area (Å²) in [5, 5.41) is 5.29. The summed E-state index contributed by atoms with van der Waals surface area (Å²) < 4.78 is 1.78. The van der Waals surface area contributed by atoms with Gasteiger partial charge in [-0.1, -0.05) is 23.7 Å². The van der Waals surface area contributed by atoms with E-state index in [0.717, 1.165) is 27.9 Å². The summed E-state index contributed by atoms with van der Waals surface area (Å²) >= 11 is 5.90. The van der Waals surface area contributed by atoms with Crippen molar-refractivity contribution in [2.45, 2.75) is 13.3 Å². The summed E-state index contributed by atoms with van der Waals surface area (Å²) in [4.78, 5) is 11.0. The number of aromatic nitrogens is 4. The molecule has 0 N–H and O–H groups in total. The van der Waals surface area contributed by atoms with Crippen LogP contribution in [0, 0.1) is 6.92 Å². The van der Waals surface area contributed by atoms with E-state index in [9.17, 15) is 0 Å². The van der Waals surface area contributed by atoms with Crippen LogP contribution in [-0.2, 0) is 6.42 Å². The Morgan fingerprint density at radius 1 is 1.14 bits per heavy atom. The van der Waals surface area contributed by atoms with Gasteiger partial charge in [0.15, 0.2) is 5.82 Å². The summed E-state index contributed by atoms with van der Waals surface area (Å²) in [6.07, 6.45) is 0.659. The van der Waals surface area contributed by atoms with E-state index in [1.165, 1.54) is 0 Å². The molecule has 0 saturated heterocycles. The molecule has 0 atom stereocenters. The molecule has 0 saturated carbocycles. The van der Waals surface area contributed by atoms with Crippen LogP contribution in [0.5, 0.6) is 0 Å². The number of anilines is 1. The third-order valence-corrected chi connectivity index (χ3v) is 3.45. The fraction of sp³-hybridized carbons (Fsp3) is 0.267. The van der Waals surface area contributed by atoms with Crippen LogP contribution in [0.25, 0.3) is 5.78 Å². The Bertz CT molecular complexity index is 777. The molecule has 0 aliphatic carbocycles. The molecule has 6 heteroatoms. The third-order valence-electron chi connectivity index (χ3n) is 3.20. The number of benzene rings is 1. The van der Waals surface area contributed by atoms with Crippen LogP contribution in [0.15, 0.2) is 30.3 Å². The molecule has 108 valence electrons. The second kappa shape index (κ2) is 5.33. The lowest BCUT2D eigenvalue weighted by atomic mass is 10.1. The largest absolute Gasteiger partial charge is 0.363 e. The fourth-order valence-corrected chi connectivity index (χ4v) is 2.31. The van der Waals surface area contributed by atoms with Crippen molar-refractivity contribution in [2.75, 3.05) is 19.0 Å². The topological polar surface area (TPSA) is 46.3 Å². The van der Waals surface area contributed by atoms with Gasteiger partial charge in [0.05, 0.1) is 0 Å². The minimum Gasteiger partial charge on any atom is -0.363 e. The van der Waals surface area contributed by atoms with E-state index in [1.807, 2.05) is 56.3 Å². The van der Waals surface area contributed by atoms with Crippen LogP contribution in [0.1, 0.15) is 17.1 Å². The molecule has 5 nitrogen and oxygen atoms in total. The van der Waals surface area contributed by atoms with Gasteiger partial charge in [-0.25, -0.2) is 4.98 Å². The average Bonchev–Trinajstić information content (AvgIpc) is 2.82. The quantitative estimate of drug-likeness (QED) is 0.746. The molecule has 0 radical (unpaired) electrons. The average molecular weight is 302 g/mol. The van der Waals surface area contributed by atoms with Gasteiger partial charge in [0.2, 0.25) is 0 Å². The summed E-state index contributed by atoms with van der Waals surface area (Å²) in [7, 11) is 3.96. The molecule has 0 fully saturated rings. The first-order valence-corrected chi connectivity index (χ1v) is 7.06. The van der Waals surface area contributed by atoms with Gasteiger partial charge in [0, 0.05) is 37.3 Å². The number of halogens is 1. The SMILES string of the molecule is Cc1cc(N(C)C)n2nc(Cc3ccc(Cl)cc3)nc2n1. The number of aryl methyl sites for hydroxylation is 1. The molecule has 0 unspecified atom stereocenters. The Hall–Kier alpha value is -2.14. The lowest BCUT2D eigenvalue weighted by molar-refractivity contribution is 0.861. The van der Waals surface area contributed by atoms with Crippen molar-refractivity contribution in [3.63, 3.8) is 0 Å². The molecule has 2 heterocycles. The lowest BCUT2D eigenvalue weighted by Gasteiger charge is -2.13. The molecule has 3 aromatic rings. The maximum absolute atomic E-state index is 5.90. The van der Waals surface area contributed by atoms with Crippen molar-refractivity contribution in [1.29, 1.82) is 0 Å². The number of hydrogen-bond acceptors (Lipinski definition) is 4. The number of rotatable bonds is 3. The summed E-state index contributed by atoms with van der Waals surface area (Å²) in [6.45, 7) is 1.96. The first kappa shape index (κ1) is 13.8. The van der Waals surface area contributed by atoms with E-state index in [1.54, 1.807) is 4.52 Å². The zero-order valence-corrected chi connectivity index (χ0v) is 13.0. The fourth-order valence-electron chi connectivity index (χ4n) is 2.19. The van der Waals surface area contributed by atoms with E-state index in [-0.39, 0.29) is 0 Å². The molecule has 2 aromatic heterocycles. The van der Waals surface area contributed by atoms with E-state index in [4.69, 9.17) is 11.6 Å². The minimum absolute atomic E-state index is 0.627. The van der Waals surface area contributed by atoms with Gasteiger partial charge >= 0.3 is 0 Å². The van der Waals surface area contributed by atoms with E-state index >= 15 is 0 Å². The monoisotopic (exact) mass is 301 g/mol. The number of fused-ring (bicyclic) bond motifs is 1. The van der Waals surface area contributed by atoms with E-state index < -0.39 is 0 Å². The van der Waals surface area contributed by atoms with Crippen LogP contribution < -0.4 is 4.90 Å². The van der Waals surface area contributed by atoms with Gasteiger partial charge in [-0.3, -0.25) is 0 Å². The first-order chi connectivity index (χ1) is 10.0. The second-order valence-electron chi connectivity index (χ2n) is 5.19. The molecule has 0 amide bonds. The van der Waals surface area contributed by atoms with Gasteiger partial charge in [-0.15, -0.1) is 5.10 Å². The summed E-state index contributed by atoms with van der Waals surface area (Å²) in [5.74, 6) is 2.34. The maximum Gasteiger partial charge on any atom is 0.254 e. The normalized spacial score (nSPS) is 11.0. The van der Waals surface area contributed by atoms with Crippen LogP contribution in [0.2, 0.25) is 5.02 Å². The highest BCUT2D eigenvalue weighted by molar-refractivity contribution is 6.30. The van der Waals surface area contributed by atoms with Crippen molar-refractivity contribution >= 4 is 23.2 Å². The molecular formula is C15H16ClN5. The van der Waals surface area contributed by atoms with Gasteiger partial charge in [-0.2, -0.15) is 9.50 Å². The smallest absolute Gasteiger partial charge is 0.254 e. The van der Waals surface area contributed by atoms with Crippen molar-refractivity contribution in [2.24, 2.45) is 0 Å². The molecule has 1 aromatic carbocycles. The predicted molar refractivity (Wildman–Crippen MR) is 84.1 cm³/mol. The van der Waals surface area contributed by atoms with Gasteiger partial charge in [0.1, 0.15) is 5.82 Å². The third kappa shape index (κ3) is 2.83. The highest BCUT2D eigenvalue weighted by Crippen LogP contribution is 2.16. The molecule has 3 rings (SSSR count). The van der Waals surface area contributed by atoms with Crippen molar-refractivity contribution in [3.8, 4) is 0 Å². The van der Waals surface area contributed by atoms with Crippen molar-refractivity contribution in [1.82, 2.24) is 19.6 Å². The minimum atomic E-state index is 0.627. The van der Waals surface area contributed by atoms with Gasteiger partial charge in [0.25, 0.3) is 5.78 Å². The van der Waals surface area contributed by atoms with Gasteiger partial charge in [-0.05, 0) is 24.6 Å². The Morgan fingerprint density at radius 2 is 1.86 bits per heavy atom. The highest BCUT2D eigenvalue weighted by Gasteiger charge is 2.11. The van der Waals surface area contributed by atoms with Crippen LogP contribution in [0.3, 0.4) is 0 Å². The van der Waals surface area contributed by atoms with Crippen LogP contribution in [0.4, 0.5) is 5.82 Å². The molecule has 0 spiro atoms. The van der Waals surface area contributed by atoms with E-state index in [2.05, 4.69) is 15.1 Å². The van der Waals surface area contributed by atoms with Crippen molar-refractivity contribution in [3.05, 3.63) is 52.4 Å². The Kier molecular flexibility index (Phi) is 3.51. The summed E-state index contributed by atoms with van der Waals surface area (Å²) in [6, 6.07) is 9.72. The Labute approximate surface area is 128 Å². The summed E-state index contributed by atoms with van der Waals surface area (Å²) in [5.41, 5.74) is 2.05. The number of nitrogens with zero attached hydrogens (tertiary/aromatic N) is 5. The molecule has 21 heavy (non-hydrogen) atoms. The predicted octanol–water partition coefficient (Wildman–Crippen LogP) is 2.74. The standard InChI is InChI=1S/C15H16ClN5/c1-10-8-14(20(2)3)21-15(17-10)18-13(19-21)9-11-4-6-12(16)7-5-11/h4-8H,9H2,1-3H3. The first-order valence-electron chi connectivity index (χ1n) is 6.68. The number of hydrogen-bond donors (Lipinski definition) is 0. The second-order valence-corrected chi connectivity index (χ2v) is 5.63. The molecule has 0 aliphatic heterocycles. The van der Waals surface area contributed by atoms with Crippen LogP contribution in [-0.4, -0.2) is 33.7 Å². The zero-order chi connectivity index (χ0) is 15.0. The lowest BCUT2D eigenvalue weighted by Crippen LogP contribution is -2.14. The molecular weight excluding hydrogens is 286 g/mol. The molecule has 0 aliphatic rings. The maximum atomic E-state index is 5.90. The van der Waals surface area contributed by atoms with Crippen LogP contribution >= 0.6 is 11.6 Å².